The normalized spacial score (nSPS) is 11.6. The lowest BCUT2D eigenvalue weighted by atomic mass is 10.1. The molecule has 0 fully saturated rings. The molecule has 0 saturated heterocycles. The van der Waals surface area contributed by atoms with Crippen LogP contribution in [0.5, 0.6) is 0 Å². The summed E-state index contributed by atoms with van der Waals surface area (Å²) in [7, 11) is 1.84. The monoisotopic (exact) mass is 218 g/mol. The summed E-state index contributed by atoms with van der Waals surface area (Å²) in [5.41, 5.74) is 3.39. The van der Waals surface area contributed by atoms with Crippen LogP contribution in [0.3, 0.4) is 0 Å². The van der Waals surface area contributed by atoms with Crippen LogP contribution in [0.2, 0.25) is 0 Å². The zero-order valence-electron chi connectivity index (χ0n) is 10.3. The molecular weight excluding hydrogens is 200 g/mol. The van der Waals surface area contributed by atoms with E-state index in [1.807, 2.05) is 25.5 Å². The molecule has 0 saturated carbocycles. The van der Waals surface area contributed by atoms with E-state index < -0.39 is 0 Å². The predicted molar refractivity (Wildman–Crippen MR) is 66.9 cm³/mol. The third-order valence-corrected chi connectivity index (χ3v) is 3.08. The Morgan fingerprint density at radius 1 is 1.25 bits per heavy atom. The first-order valence-corrected chi connectivity index (χ1v) is 5.76. The highest BCUT2D eigenvalue weighted by atomic mass is 16.1. The highest BCUT2D eigenvalue weighted by Gasteiger charge is 2.12. The number of aryl methyl sites for hydroxylation is 2. The van der Waals surface area contributed by atoms with Crippen molar-refractivity contribution in [3.8, 4) is 0 Å². The first-order chi connectivity index (χ1) is 7.56. The quantitative estimate of drug-likeness (QED) is 0.760. The fraction of sp³-hybridized carbons (Fsp3) is 0.462. The minimum absolute atomic E-state index is 0.0678. The van der Waals surface area contributed by atoms with E-state index in [-0.39, 0.29) is 11.7 Å². The molecule has 0 atom stereocenters. The maximum atomic E-state index is 12.1. The van der Waals surface area contributed by atoms with E-state index >= 15 is 0 Å². The second-order valence-electron chi connectivity index (χ2n) is 4.48. The molecule has 0 spiro atoms. The van der Waals surface area contributed by atoms with E-state index in [0.717, 1.165) is 17.5 Å². The zero-order valence-corrected chi connectivity index (χ0v) is 10.3. The van der Waals surface area contributed by atoms with Crippen molar-refractivity contribution in [1.82, 2.24) is 9.13 Å². The second kappa shape index (κ2) is 3.81. The van der Waals surface area contributed by atoms with E-state index in [4.69, 9.17) is 0 Å². The van der Waals surface area contributed by atoms with Crippen molar-refractivity contribution in [1.29, 1.82) is 0 Å². The fourth-order valence-corrected chi connectivity index (χ4v) is 2.13. The summed E-state index contributed by atoms with van der Waals surface area (Å²) < 4.78 is 3.57. The summed E-state index contributed by atoms with van der Waals surface area (Å²) >= 11 is 0. The van der Waals surface area contributed by atoms with E-state index in [9.17, 15) is 4.79 Å². The summed E-state index contributed by atoms with van der Waals surface area (Å²) in [6.45, 7) is 6.20. The molecule has 1 aromatic heterocycles. The maximum absolute atomic E-state index is 12.1. The molecule has 0 N–H and O–H groups in total. The van der Waals surface area contributed by atoms with Crippen LogP contribution in [0.25, 0.3) is 11.0 Å². The van der Waals surface area contributed by atoms with Crippen molar-refractivity contribution < 1.29 is 0 Å². The van der Waals surface area contributed by atoms with Crippen LogP contribution in [0.1, 0.15) is 32.4 Å². The van der Waals surface area contributed by atoms with Gasteiger partial charge in [-0.05, 0) is 38.0 Å². The standard InChI is InChI=1S/C13H18N2O/c1-5-10-6-7-11-12(8-10)14(4)13(16)15(11)9(2)3/h6-9H,5H2,1-4H3. The zero-order chi connectivity index (χ0) is 11.9. The van der Waals surface area contributed by atoms with Gasteiger partial charge in [-0.25, -0.2) is 4.79 Å². The Kier molecular flexibility index (Phi) is 2.62. The molecular formula is C13H18N2O. The van der Waals surface area contributed by atoms with Gasteiger partial charge in [-0.2, -0.15) is 0 Å². The van der Waals surface area contributed by atoms with Crippen LogP contribution in [0.4, 0.5) is 0 Å². The lowest BCUT2D eigenvalue weighted by Crippen LogP contribution is -2.23. The molecule has 3 nitrogen and oxygen atoms in total. The van der Waals surface area contributed by atoms with E-state index in [0.29, 0.717) is 0 Å². The molecule has 16 heavy (non-hydrogen) atoms. The number of rotatable bonds is 2. The van der Waals surface area contributed by atoms with Gasteiger partial charge in [0.2, 0.25) is 0 Å². The summed E-state index contributed by atoms with van der Waals surface area (Å²) in [5.74, 6) is 0. The van der Waals surface area contributed by atoms with Gasteiger partial charge in [0.15, 0.2) is 0 Å². The molecule has 0 aliphatic rings. The Morgan fingerprint density at radius 2 is 1.94 bits per heavy atom. The van der Waals surface area contributed by atoms with Gasteiger partial charge < -0.3 is 0 Å². The number of nitrogens with zero attached hydrogens (tertiary/aromatic N) is 2. The Labute approximate surface area is 95.3 Å². The van der Waals surface area contributed by atoms with Gasteiger partial charge in [0.1, 0.15) is 0 Å². The molecule has 2 aromatic rings. The summed E-state index contributed by atoms with van der Waals surface area (Å²) in [6.07, 6.45) is 0.997. The molecule has 86 valence electrons. The van der Waals surface area contributed by atoms with Gasteiger partial charge in [0.25, 0.3) is 0 Å². The van der Waals surface area contributed by atoms with E-state index in [1.165, 1.54) is 5.56 Å². The fourth-order valence-electron chi connectivity index (χ4n) is 2.13. The highest BCUT2D eigenvalue weighted by molar-refractivity contribution is 5.77. The number of imidazole rings is 1. The van der Waals surface area contributed by atoms with Crippen LogP contribution >= 0.6 is 0 Å². The van der Waals surface area contributed by atoms with Crippen molar-refractivity contribution in [2.45, 2.75) is 33.2 Å². The molecule has 2 rings (SSSR count). The minimum Gasteiger partial charge on any atom is -0.295 e. The first-order valence-electron chi connectivity index (χ1n) is 5.76. The smallest absolute Gasteiger partial charge is 0.295 e. The third-order valence-electron chi connectivity index (χ3n) is 3.08. The van der Waals surface area contributed by atoms with Crippen LogP contribution < -0.4 is 5.69 Å². The Balaban J connectivity index is 2.85. The van der Waals surface area contributed by atoms with Crippen molar-refractivity contribution in [2.24, 2.45) is 7.05 Å². The summed E-state index contributed by atoms with van der Waals surface area (Å²) in [4.78, 5) is 12.1. The van der Waals surface area contributed by atoms with Crippen molar-refractivity contribution in [3.05, 3.63) is 34.2 Å². The number of benzene rings is 1. The molecule has 0 amide bonds. The van der Waals surface area contributed by atoms with Gasteiger partial charge >= 0.3 is 5.69 Å². The van der Waals surface area contributed by atoms with Crippen LogP contribution in [0, 0.1) is 0 Å². The summed E-state index contributed by atoms with van der Waals surface area (Å²) in [5, 5.41) is 0. The lowest BCUT2D eigenvalue weighted by Gasteiger charge is -2.06. The second-order valence-corrected chi connectivity index (χ2v) is 4.48. The van der Waals surface area contributed by atoms with Crippen LogP contribution in [-0.4, -0.2) is 9.13 Å². The van der Waals surface area contributed by atoms with Crippen LogP contribution in [-0.2, 0) is 13.5 Å². The molecule has 0 aliphatic carbocycles. The molecule has 1 aromatic carbocycles. The lowest BCUT2D eigenvalue weighted by molar-refractivity contribution is 0.583. The molecule has 0 aliphatic heterocycles. The number of hydrogen-bond acceptors (Lipinski definition) is 1. The number of aromatic nitrogens is 2. The van der Waals surface area contributed by atoms with Gasteiger partial charge in [-0.3, -0.25) is 9.13 Å². The largest absolute Gasteiger partial charge is 0.329 e. The highest BCUT2D eigenvalue weighted by Crippen LogP contribution is 2.18. The number of hydrogen-bond donors (Lipinski definition) is 0. The Bertz CT molecular complexity index is 575. The topological polar surface area (TPSA) is 26.9 Å². The maximum Gasteiger partial charge on any atom is 0.329 e. The summed E-state index contributed by atoms with van der Waals surface area (Å²) in [6, 6.07) is 6.45. The number of fused-ring (bicyclic) bond motifs is 1. The van der Waals surface area contributed by atoms with E-state index in [2.05, 4.69) is 25.1 Å². The van der Waals surface area contributed by atoms with Gasteiger partial charge in [-0.1, -0.05) is 13.0 Å². The van der Waals surface area contributed by atoms with Crippen molar-refractivity contribution in [2.75, 3.05) is 0 Å². The van der Waals surface area contributed by atoms with E-state index in [1.54, 1.807) is 4.57 Å². The SMILES string of the molecule is CCc1ccc2c(c1)n(C)c(=O)n2C(C)C. The van der Waals surface area contributed by atoms with Gasteiger partial charge in [0, 0.05) is 13.1 Å². The molecule has 0 bridgehead atoms. The molecule has 0 unspecified atom stereocenters. The van der Waals surface area contributed by atoms with Gasteiger partial charge in [0.05, 0.1) is 11.0 Å². The Hall–Kier alpha value is -1.51. The third kappa shape index (κ3) is 1.47. The molecule has 1 heterocycles. The molecule has 0 radical (unpaired) electrons. The van der Waals surface area contributed by atoms with Gasteiger partial charge in [-0.15, -0.1) is 0 Å². The van der Waals surface area contributed by atoms with Crippen molar-refractivity contribution >= 4 is 11.0 Å². The van der Waals surface area contributed by atoms with Crippen LogP contribution in [0.15, 0.2) is 23.0 Å². The Morgan fingerprint density at radius 3 is 2.50 bits per heavy atom. The average molecular weight is 218 g/mol. The molecule has 3 heteroatoms. The van der Waals surface area contributed by atoms with Crippen molar-refractivity contribution in [3.63, 3.8) is 0 Å². The minimum atomic E-state index is 0.0678. The predicted octanol–water partition coefficient (Wildman–Crippen LogP) is 2.48. The first kappa shape index (κ1) is 11.0. The average Bonchev–Trinajstić information content (AvgIpc) is 2.51.